The van der Waals surface area contributed by atoms with Crippen LogP contribution in [-0.2, 0) is 4.79 Å². The molecular formula is C15H21ClN2OS. The molecule has 1 aromatic rings. The molecule has 1 aliphatic rings. The minimum Gasteiger partial charge on any atom is -0.368 e. The van der Waals surface area contributed by atoms with Crippen LogP contribution in [0.3, 0.4) is 0 Å². The van der Waals surface area contributed by atoms with E-state index in [4.69, 9.17) is 11.6 Å². The summed E-state index contributed by atoms with van der Waals surface area (Å²) in [5.74, 6) is 0.416. The molecule has 1 heterocycles. The number of carbonyl (C=O) groups excluding carboxylic acids is 1. The average molecular weight is 313 g/mol. The van der Waals surface area contributed by atoms with Gasteiger partial charge >= 0.3 is 0 Å². The van der Waals surface area contributed by atoms with Crippen molar-refractivity contribution in [2.45, 2.75) is 19.1 Å². The molecule has 1 atom stereocenters. The van der Waals surface area contributed by atoms with Gasteiger partial charge in [0.25, 0.3) is 0 Å². The number of nitrogens with zero attached hydrogens (tertiary/aromatic N) is 2. The van der Waals surface area contributed by atoms with Crippen LogP contribution >= 0.6 is 24.2 Å². The molecule has 1 aromatic carbocycles. The SMILES string of the molecule is CC(C)C(S)C(=O)N1CCN(c2ccc(Cl)cc2)CC1. The van der Waals surface area contributed by atoms with E-state index in [0.29, 0.717) is 0 Å². The molecule has 0 spiro atoms. The predicted molar refractivity (Wildman–Crippen MR) is 87.9 cm³/mol. The smallest absolute Gasteiger partial charge is 0.235 e. The fourth-order valence-electron chi connectivity index (χ4n) is 2.31. The summed E-state index contributed by atoms with van der Waals surface area (Å²) < 4.78 is 0. The Morgan fingerprint density at radius 1 is 1.15 bits per heavy atom. The Hall–Kier alpha value is -0.870. The molecule has 0 N–H and O–H groups in total. The summed E-state index contributed by atoms with van der Waals surface area (Å²) in [5, 5.41) is 0.550. The number of benzene rings is 1. The minimum absolute atomic E-state index is 0.152. The lowest BCUT2D eigenvalue weighted by atomic mass is 10.1. The summed E-state index contributed by atoms with van der Waals surface area (Å²) in [6.45, 7) is 7.27. The van der Waals surface area contributed by atoms with Crippen LogP contribution in [0.2, 0.25) is 5.02 Å². The number of piperazine rings is 1. The van der Waals surface area contributed by atoms with Gasteiger partial charge in [-0.05, 0) is 30.2 Å². The Kier molecular flexibility index (Phi) is 5.22. The number of amides is 1. The standard InChI is InChI=1S/C15H21ClN2OS/c1-11(2)14(20)15(19)18-9-7-17(8-10-18)13-5-3-12(16)4-6-13/h3-6,11,14,20H,7-10H2,1-2H3. The maximum Gasteiger partial charge on any atom is 0.235 e. The van der Waals surface area contributed by atoms with Crippen molar-refractivity contribution in [1.82, 2.24) is 4.90 Å². The number of hydrogen-bond acceptors (Lipinski definition) is 3. The molecule has 0 aliphatic carbocycles. The number of carbonyl (C=O) groups is 1. The predicted octanol–water partition coefficient (Wildman–Crippen LogP) is 2.94. The topological polar surface area (TPSA) is 23.6 Å². The zero-order chi connectivity index (χ0) is 14.7. The first-order valence-corrected chi connectivity index (χ1v) is 7.86. The number of thiol groups is 1. The Bertz CT molecular complexity index is 455. The van der Waals surface area contributed by atoms with Gasteiger partial charge in [0.15, 0.2) is 0 Å². The Morgan fingerprint density at radius 3 is 2.20 bits per heavy atom. The van der Waals surface area contributed by atoms with E-state index in [9.17, 15) is 4.79 Å². The number of hydrogen-bond donors (Lipinski definition) is 1. The van der Waals surface area contributed by atoms with Crippen molar-refractivity contribution < 1.29 is 4.79 Å². The average Bonchev–Trinajstić information content (AvgIpc) is 2.46. The molecule has 3 nitrogen and oxygen atoms in total. The molecule has 110 valence electrons. The van der Waals surface area contributed by atoms with Crippen molar-refractivity contribution in [3.05, 3.63) is 29.3 Å². The van der Waals surface area contributed by atoms with Gasteiger partial charge in [-0.3, -0.25) is 4.79 Å². The van der Waals surface area contributed by atoms with Crippen LogP contribution in [-0.4, -0.2) is 42.2 Å². The zero-order valence-corrected chi connectivity index (χ0v) is 13.6. The van der Waals surface area contributed by atoms with Gasteiger partial charge in [-0.2, -0.15) is 12.6 Å². The Balaban J connectivity index is 1.92. The molecule has 20 heavy (non-hydrogen) atoms. The van der Waals surface area contributed by atoms with Gasteiger partial charge in [-0.15, -0.1) is 0 Å². The van der Waals surface area contributed by atoms with Gasteiger partial charge in [-0.25, -0.2) is 0 Å². The first-order valence-electron chi connectivity index (χ1n) is 6.96. The van der Waals surface area contributed by atoms with Crippen LogP contribution in [0.4, 0.5) is 5.69 Å². The second-order valence-corrected chi connectivity index (χ2v) is 6.47. The molecule has 5 heteroatoms. The van der Waals surface area contributed by atoms with Crippen molar-refractivity contribution in [2.75, 3.05) is 31.1 Å². The maximum atomic E-state index is 12.2. The van der Waals surface area contributed by atoms with Gasteiger partial charge in [-0.1, -0.05) is 25.4 Å². The second-order valence-electron chi connectivity index (χ2n) is 5.48. The summed E-state index contributed by atoms with van der Waals surface area (Å²) in [6, 6.07) is 7.85. The van der Waals surface area contributed by atoms with Gasteiger partial charge in [0, 0.05) is 36.9 Å². The normalized spacial score (nSPS) is 17.4. The van der Waals surface area contributed by atoms with Crippen molar-refractivity contribution in [3.63, 3.8) is 0 Å². The summed E-state index contributed by atoms with van der Waals surface area (Å²) in [5.41, 5.74) is 1.16. The highest BCUT2D eigenvalue weighted by molar-refractivity contribution is 7.81. The summed E-state index contributed by atoms with van der Waals surface area (Å²) >= 11 is 10.3. The summed E-state index contributed by atoms with van der Waals surface area (Å²) in [6.07, 6.45) is 0. The first-order chi connectivity index (χ1) is 9.49. The van der Waals surface area contributed by atoms with Crippen molar-refractivity contribution in [1.29, 1.82) is 0 Å². The van der Waals surface area contributed by atoms with E-state index in [0.717, 1.165) is 36.9 Å². The highest BCUT2D eigenvalue weighted by atomic mass is 35.5. The largest absolute Gasteiger partial charge is 0.368 e. The summed E-state index contributed by atoms with van der Waals surface area (Å²) in [7, 11) is 0. The van der Waals surface area contributed by atoms with Crippen LogP contribution in [0.5, 0.6) is 0 Å². The van der Waals surface area contributed by atoms with Crippen LogP contribution in [0.25, 0.3) is 0 Å². The van der Waals surface area contributed by atoms with Gasteiger partial charge in [0.05, 0.1) is 5.25 Å². The highest BCUT2D eigenvalue weighted by Crippen LogP contribution is 2.20. The van der Waals surface area contributed by atoms with Gasteiger partial charge < -0.3 is 9.80 Å². The molecule has 1 amide bonds. The molecule has 0 radical (unpaired) electrons. The Labute approximate surface area is 131 Å². The number of anilines is 1. The van der Waals surface area contributed by atoms with Crippen LogP contribution in [0, 0.1) is 5.92 Å². The fraction of sp³-hybridized carbons (Fsp3) is 0.533. The molecule has 0 saturated carbocycles. The van der Waals surface area contributed by atoms with Gasteiger partial charge in [0.2, 0.25) is 5.91 Å². The van der Waals surface area contributed by atoms with Crippen molar-refractivity contribution in [2.24, 2.45) is 5.92 Å². The molecule has 1 saturated heterocycles. The molecule has 1 unspecified atom stereocenters. The zero-order valence-electron chi connectivity index (χ0n) is 11.9. The second kappa shape index (κ2) is 6.72. The lowest BCUT2D eigenvalue weighted by molar-refractivity contribution is -0.131. The van der Waals surface area contributed by atoms with Crippen molar-refractivity contribution >= 4 is 35.8 Å². The molecule has 1 fully saturated rings. The minimum atomic E-state index is -0.197. The number of halogens is 1. The molecular weight excluding hydrogens is 292 g/mol. The van der Waals surface area contributed by atoms with Crippen LogP contribution < -0.4 is 4.90 Å². The monoisotopic (exact) mass is 312 g/mol. The lowest BCUT2D eigenvalue weighted by Gasteiger charge is -2.37. The third-order valence-electron chi connectivity index (χ3n) is 3.67. The fourth-order valence-corrected chi connectivity index (χ4v) is 2.60. The maximum absolute atomic E-state index is 12.2. The molecule has 0 aromatic heterocycles. The van der Waals surface area contributed by atoms with E-state index >= 15 is 0 Å². The first kappa shape index (κ1) is 15.5. The number of rotatable bonds is 3. The van der Waals surface area contributed by atoms with Crippen molar-refractivity contribution in [3.8, 4) is 0 Å². The van der Waals surface area contributed by atoms with E-state index < -0.39 is 0 Å². The van der Waals surface area contributed by atoms with Crippen LogP contribution in [0.15, 0.2) is 24.3 Å². The summed E-state index contributed by atoms with van der Waals surface area (Å²) in [4.78, 5) is 16.4. The molecule has 0 bridgehead atoms. The van der Waals surface area contributed by atoms with E-state index in [2.05, 4.69) is 17.5 Å². The van der Waals surface area contributed by atoms with Crippen LogP contribution in [0.1, 0.15) is 13.8 Å². The molecule has 1 aliphatic heterocycles. The van der Waals surface area contributed by atoms with Gasteiger partial charge in [0.1, 0.15) is 0 Å². The third kappa shape index (κ3) is 3.61. The quantitative estimate of drug-likeness (QED) is 0.868. The molecule has 2 rings (SSSR count). The van der Waals surface area contributed by atoms with E-state index in [1.54, 1.807) is 0 Å². The lowest BCUT2D eigenvalue weighted by Crippen LogP contribution is -2.51. The van der Waals surface area contributed by atoms with E-state index in [-0.39, 0.29) is 17.1 Å². The third-order valence-corrected chi connectivity index (χ3v) is 4.74. The Morgan fingerprint density at radius 2 is 1.70 bits per heavy atom. The van der Waals surface area contributed by atoms with E-state index in [1.165, 1.54) is 0 Å². The highest BCUT2D eigenvalue weighted by Gasteiger charge is 2.27. The van der Waals surface area contributed by atoms with E-state index in [1.807, 2.05) is 43.0 Å².